The molecule has 2 N–H and O–H groups in total. The quantitative estimate of drug-likeness (QED) is 0.897. The molecule has 1 fully saturated rings. The molecule has 7 heteroatoms. The first kappa shape index (κ1) is 15.4. The molecule has 1 saturated heterocycles. The average Bonchev–Trinajstić information content (AvgIpc) is 3.16. The number of fused-ring (bicyclic) bond motifs is 1. The van der Waals surface area contributed by atoms with Gasteiger partial charge < -0.3 is 20.3 Å². The minimum Gasteiger partial charge on any atom is -0.482 e. The first-order chi connectivity index (χ1) is 12.2. The van der Waals surface area contributed by atoms with E-state index in [0.29, 0.717) is 22.8 Å². The van der Waals surface area contributed by atoms with Crippen LogP contribution in [0, 0.1) is 0 Å². The van der Waals surface area contributed by atoms with Crippen LogP contribution in [-0.4, -0.2) is 36.5 Å². The van der Waals surface area contributed by atoms with Crippen LogP contribution in [-0.2, 0) is 4.79 Å². The van der Waals surface area contributed by atoms with Crippen molar-refractivity contribution in [3.05, 3.63) is 42.1 Å². The Hall–Kier alpha value is -3.09. The Balaban J connectivity index is 1.45. The van der Waals surface area contributed by atoms with E-state index < -0.39 is 0 Å². The smallest absolute Gasteiger partial charge is 0.262 e. The van der Waals surface area contributed by atoms with Gasteiger partial charge in [-0.2, -0.15) is 0 Å². The number of pyridine rings is 1. The number of hydrogen-bond donors (Lipinski definition) is 2. The predicted octanol–water partition coefficient (Wildman–Crippen LogP) is 2.26. The monoisotopic (exact) mass is 338 g/mol. The summed E-state index contributed by atoms with van der Waals surface area (Å²) >= 11 is 0. The van der Waals surface area contributed by atoms with E-state index in [0.717, 1.165) is 18.8 Å². The van der Waals surface area contributed by atoms with Crippen molar-refractivity contribution in [3.8, 4) is 5.75 Å². The van der Waals surface area contributed by atoms with Crippen molar-refractivity contribution in [2.24, 2.45) is 0 Å². The molecule has 0 spiro atoms. The second kappa shape index (κ2) is 6.43. The number of rotatable bonds is 3. The zero-order valence-corrected chi connectivity index (χ0v) is 13.6. The maximum atomic E-state index is 12.4. The molecule has 2 aliphatic rings. The van der Waals surface area contributed by atoms with Gasteiger partial charge in [0.1, 0.15) is 11.6 Å². The molecular weight excluding hydrogens is 320 g/mol. The van der Waals surface area contributed by atoms with E-state index in [1.54, 1.807) is 30.5 Å². The third-order valence-electron chi connectivity index (χ3n) is 4.34. The Morgan fingerprint density at radius 1 is 1.20 bits per heavy atom. The summed E-state index contributed by atoms with van der Waals surface area (Å²) in [4.78, 5) is 30.3. The van der Waals surface area contributed by atoms with E-state index in [2.05, 4.69) is 20.5 Å². The number of benzene rings is 1. The van der Waals surface area contributed by atoms with Crippen molar-refractivity contribution in [1.82, 2.24) is 4.98 Å². The standard InChI is InChI=1S/C18H18N4O3/c23-17-11-25-15-9-12(3-5-14(15)20-17)18(24)21-16-6-4-13(10-19-16)22-7-1-2-8-22/h3-6,9-10H,1-2,7-8,11H2,(H,20,23)(H,19,21,24). The van der Waals surface area contributed by atoms with Crippen LogP contribution in [0.4, 0.5) is 17.2 Å². The maximum absolute atomic E-state index is 12.4. The Morgan fingerprint density at radius 3 is 2.80 bits per heavy atom. The second-order valence-electron chi connectivity index (χ2n) is 6.10. The summed E-state index contributed by atoms with van der Waals surface area (Å²) in [6, 6.07) is 8.69. The number of aromatic nitrogens is 1. The Labute approximate surface area is 145 Å². The van der Waals surface area contributed by atoms with Gasteiger partial charge in [0.25, 0.3) is 11.8 Å². The van der Waals surface area contributed by atoms with Crippen LogP contribution >= 0.6 is 0 Å². The van der Waals surface area contributed by atoms with Gasteiger partial charge in [-0.1, -0.05) is 0 Å². The van der Waals surface area contributed by atoms with Crippen LogP contribution in [0.1, 0.15) is 23.2 Å². The third-order valence-corrected chi connectivity index (χ3v) is 4.34. The molecule has 4 rings (SSSR count). The molecule has 1 aromatic carbocycles. The van der Waals surface area contributed by atoms with E-state index in [-0.39, 0.29) is 18.4 Å². The van der Waals surface area contributed by atoms with Gasteiger partial charge in [-0.3, -0.25) is 9.59 Å². The molecule has 0 atom stereocenters. The summed E-state index contributed by atoms with van der Waals surface area (Å²) in [5.41, 5.74) is 2.09. The maximum Gasteiger partial charge on any atom is 0.262 e. The number of anilines is 3. The molecule has 2 amide bonds. The molecule has 3 heterocycles. The molecule has 7 nitrogen and oxygen atoms in total. The molecule has 0 radical (unpaired) electrons. The summed E-state index contributed by atoms with van der Waals surface area (Å²) in [7, 11) is 0. The number of amides is 2. The number of carbonyl (C=O) groups excluding carboxylic acids is 2. The fourth-order valence-corrected chi connectivity index (χ4v) is 3.03. The first-order valence-corrected chi connectivity index (χ1v) is 8.28. The average molecular weight is 338 g/mol. The van der Waals surface area contributed by atoms with Gasteiger partial charge in [-0.15, -0.1) is 0 Å². The van der Waals surface area contributed by atoms with E-state index >= 15 is 0 Å². The SMILES string of the molecule is O=C1COc2cc(C(=O)Nc3ccc(N4CCCC4)cn3)ccc2N1. The zero-order chi connectivity index (χ0) is 17.2. The second-order valence-corrected chi connectivity index (χ2v) is 6.10. The lowest BCUT2D eigenvalue weighted by Gasteiger charge is -2.18. The minimum atomic E-state index is -0.273. The van der Waals surface area contributed by atoms with Crippen LogP contribution in [0.5, 0.6) is 5.75 Å². The summed E-state index contributed by atoms with van der Waals surface area (Å²) < 4.78 is 5.34. The zero-order valence-electron chi connectivity index (χ0n) is 13.6. The molecule has 0 bridgehead atoms. The molecule has 2 aliphatic heterocycles. The van der Waals surface area contributed by atoms with Gasteiger partial charge in [0, 0.05) is 18.7 Å². The van der Waals surface area contributed by atoms with Gasteiger partial charge in [0.15, 0.2) is 6.61 Å². The topological polar surface area (TPSA) is 83.6 Å². The third kappa shape index (κ3) is 3.26. The fraction of sp³-hybridized carbons (Fsp3) is 0.278. The van der Waals surface area contributed by atoms with E-state index in [1.165, 1.54) is 12.8 Å². The van der Waals surface area contributed by atoms with Crippen LogP contribution in [0.25, 0.3) is 0 Å². The summed E-state index contributed by atoms with van der Waals surface area (Å²) in [6.45, 7) is 2.07. The Kier molecular flexibility index (Phi) is 3.97. The highest BCUT2D eigenvalue weighted by Crippen LogP contribution is 2.29. The molecule has 25 heavy (non-hydrogen) atoms. The van der Waals surface area contributed by atoms with Gasteiger partial charge in [-0.25, -0.2) is 4.98 Å². The van der Waals surface area contributed by atoms with Crippen LogP contribution in [0.3, 0.4) is 0 Å². The van der Waals surface area contributed by atoms with Crippen molar-refractivity contribution in [1.29, 1.82) is 0 Å². The van der Waals surface area contributed by atoms with Crippen molar-refractivity contribution in [2.45, 2.75) is 12.8 Å². The Morgan fingerprint density at radius 2 is 2.04 bits per heavy atom. The molecule has 1 aromatic heterocycles. The van der Waals surface area contributed by atoms with Crippen LogP contribution in [0.15, 0.2) is 36.5 Å². The minimum absolute atomic E-state index is 0.0441. The number of carbonyl (C=O) groups is 2. The number of nitrogens with one attached hydrogen (secondary N) is 2. The van der Waals surface area contributed by atoms with Gasteiger partial charge in [-0.05, 0) is 43.2 Å². The molecular formula is C18H18N4O3. The normalized spacial score (nSPS) is 16.0. The van der Waals surface area contributed by atoms with Crippen molar-refractivity contribution in [2.75, 3.05) is 35.2 Å². The lowest BCUT2D eigenvalue weighted by atomic mass is 10.1. The molecule has 0 aliphatic carbocycles. The van der Waals surface area contributed by atoms with Crippen LogP contribution in [0.2, 0.25) is 0 Å². The Bertz CT molecular complexity index is 814. The first-order valence-electron chi connectivity index (χ1n) is 8.28. The molecule has 128 valence electrons. The highest BCUT2D eigenvalue weighted by Gasteiger charge is 2.18. The molecule has 0 unspecified atom stereocenters. The summed E-state index contributed by atoms with van der Waals surface area (Å²) in [5.74, 6) is 0.515. The molecule has 0 saturated carbocycles. The predicted molar refractivity (Wildman–Crippen MR) is 94.2 cm³/mol. The van der Waals surface area contributed by atoms with E-state index in [1.807, 2.05) is 6.07 Å². The van der Waals surface area contributed by atoms with E-state index in [4.69, 9.17) is 4.74 Å². The van der Waals surface area contributed by atoms with Crippen molar-refractivity contribution < 1.29 is 14.3 Å². The summed E-state index contributed by atoms with van der Waals surface area (Å²) in [5, 5.41) is 5.48. The van der Waals surface area contributed by atoms with Crippen molar-refractivity contribution >= 4 is 29.0 Å². The number of hydrogen-bond acceptors (Lipinski definition) is 5. The van der Waals surface area contributed by atoms with E-state index in [9.17, 15) is 9.59 Å². The highest BCUT2D eigenvalue weighted by atomic mass is 16.5. The largest absolute Gasteiger partial charge is 0.482 e. The lowest BCUT2D eigenvalue weighted by Crippen LogP contribution is -2.25. The molecule has 2 aromatic rings. The number of nitrogens with zero attached hydrogens (tertiary/aromatic N) is 2. The van der Waals surface area contributed by atoms with Gasteiger partial charge in [0.2, 0.25) is 0 Å². The van der Waals surface area contributed by atoms with Gasteiger partial charge >= 0.3 is 0 Å². The summed E-state index contributed by atoms with van der Waals surface area (Å²) in [6.07, 6.45) is 4.20. The van der Waals surface area contributed by atoms with Crippen LogP contribution < -0.4 is 20.3 Å². The number of ether oxygens (including phenoxy) is 1. The van der Waals surface area contributed by atoms with Gasteiger partial charge in [0.05, 0.1) is 17.6 Å². The van der Waals surface area contributed by atoms with Crippen molar-refractivity contribution in [3.63, 3.8) is 0 Å². The fourth-order valence-electron chi connectivity index (χ4n) is 3.03. The highest BCUT2D eigenvalue weighted by molar-refractivity contribution is 6.05. The lowest BCUT2D eigenvalue weighted by molar-refractivity contribution is -0.118.